The summed E-state index contributed by atoms with van der Waals surface area (Å²) in [4.78, 5) is 8.82. The molecule has 0 rings (SSSR count). The first kappa shape index (κ1) is 6.34. The second kappa shape index (κ2) is 2.50. The molecule has 0 atom stereocenters. The van der Waals surface area contributed by atoms with Crippen molar-refractivity contribution in [1.82, 2.24) is 0 Å². The van der Waals surface area contributed by atoms with Gasteiger partial charge < -0.3 is 5.41 Å². The summed E-state index contributed by atoms with van der Waals surface area (Å²) in [5.41, 5.74) is -0.870. The van der Waals surface area contributed by atoms with Crippen molar-refractivity contribution in [3.63, 3.8) is 0 Å². The highest BCUT2D eigenvalue weighted by Gasteiger charge is 2.10. The molecule has 0 saturated heterocycles. The van der Waals surface area contributed by atoms with Crippen LogP contribution in [0, 0.1) is 16.2 Å². The Morgan fingerprint density at radius 3 is 2.38 bits per heavy atom. The Morgan fingerprint density at radius 2 is 2.38 bits per heavy atom. The number of nitriles is 1. The summed E-state index contributed by atoms with van der Waals surface area (Å²) in [6, 6.07) is 1.17. The summed E-state index contributed by atoms with van der Waals surface area (Å²) < 4.78 is 0. The van der Waals surface area contributed by atoms with Gasteiger partial charge in [0.05, 0.1) is 4.91 Å². The first-order valence-corrected chi connectivity index (χ1v) is 1.55. The molecule has 0 aromatic rings. The summed E-state index contributed by atoms with van der Waals surface area (Å²) >= 11 is 0. The second-order valence-electron chi connectivity index (χ2n) is 0.845. The van der Waals surface area contributed by atoms with Gasteiger partial charge in [0.15, 0.2) is 6.07 Å². The quantitative estimate of drug-likeness (QED) is 0.289. The molecule has 0 aliphatic heterocycles. The molecular formula is C3HN3O2. The first-order valence-electron chi connectivity index (χ1n) is 1.55. The molecule has 0 aromatic heterocycles. The SMILES string of the molecule is N#CC(=C=[N-])[N+](=O)O. The molecule has 0 aliphatic carbocycles. The van der Waals surface area contributed by atoms with Crippen molar-refractivity contribution in [3.8, 4) is 6.07 Å². The van der Waals surface area contributed by atoms with Gasteiger partial charge in [-0.25, -0.2) is 5.21 Å². The normalized spacial score (nSPS) is 6.38. The van der Waals surface area contributed by atoms with E-state index >= 15 is 0 Å². The summed E-state index contributed by atoms with van der Waals surface area (Å²) in [5, 5.41) is 23.4. The van der Waals surface area contributed by atoms with E-state index in [9.17, 15) is 4.91 Å². The summed E-state index contributed by atoms with van der Waals surface area (Å²) in [6.07, 6.45) is 0. The maximum atomic E-state index is 9.60. The Labute approximate surface area is 44.5 Å². The molecule has 5 heteroatoms. The minimum atomic E-state index is -0.870. The van der Waals surface area contributed by atoms with Crippen LogP contribution in [0.1, 0.15) is 0 Å². The number of allylic oxidation sites excluding steroid dienone is 1. The van der Waals surface area contributed by atoms with Crippen LogP contribution >= 0.6 is 0 Å². The van der Waals surface area contributed by atoms with Crippen molar-refractivity contribution in [3.05, 3.63) is 16.0 Å². The van der Waals surface area contributed by atoms with Crippen molar-refractivity contribution in [2.24, 2.45) is 0 Å². The fraction of sp³-hybridized carbons (Fsp3) is 0. The second-order valence-corrected chi connectivity index (χ2v) is 0.845. The number of rotatable bonds is 1. The van der Waals surface area contributed by atoms with Crippen molar-refractivity contribution >= 4 is 5.87 Å². The molecule has 0 radical (unpaired) electrons. The van der Waals surface area contributed by atoms with E-state index in [0.717, 1.165) is 0 Å². The smallest absolute Gasteiger partial charge is 0.412 e. The van der Waals surface area contributed by atoms with E-state index in [1.54, 1.807) is 0 Å². The van der Waals surface area contributed by atoms with Crippen LogP contribution in [0.15, 0.2) is 5.70 Å². The Balaban J connectivity index is 4.46. The maximum Gasteiger partial charge on any atom is 0.412 e. The molecule has 0 fully saturated rings. The van der Waals surface area contributed by atoms with Crippen LogP contribution in [-0.2, 0) is 0 Å². The van der Waals surface area contributed by atoms with Crippen LogP contribution in [0.25, 0.3) is 5.41 Å². The van der Waals surface area contributed by atoms with Gasteiger partial charge in [-0.1, -0.05) is 0 Å². The highest BCUT2D eigenvalue weighted by atomic mass is 16.6. The monoisotopic (exact) mass is 111 g/mol. The van der Waals surface area contributed by atoms with Gasteiger partial charge in [0.2, 0.25) is 0 Å². The fourth-order valence-electron chi connectivity index (χ4n) is 0.111. The zero-order valence-electron chi connectivity index (χ0n) is 3.70. The zero-order valence-corrected chi connectivity index (χ0v) is 3.70. The average Bonchev–Trinajstić information content (AvgIpc) is 1.69. The third-order valence-corrected chi connectivity index (χ3v) is 0.403. The van der Waals surface area contributed by atoms with Crippen LogP contribution < -0.4 is 0 Å². The van der Waals surface area contributed by atoms with Gasteiger partial charge in [0.25, 0.3) is 4.92 Å². The Morgan fingerprint density at radius 1 is 1.88 bits per heavy atom. The third-order valence-electron chi connectivity index (χ3n) is 0.403. The van der Waals surface area contributed by atoms with E-state index < -0.39 is 10.6 Å². The molecule has 0 aliphatic rings. The van der Waals surface area contributed by atoms with Crippen molar-refractivity contribution in [2.45, 2.75) is 0 Å². The van der Waals surface area contributed by atoms with Gasteiger partial charge in [-0.05, 0) is 0 Å². The van der Waals surface area contributed by atoms with E-state index in [1.165, 1.54) is 11.9 Å². The standard InChI is InChI=1S/C3HN3O2/c4-1-3(2-5)6(7)8/h(H,7,8). The summed E-state index contributed by atoms with van der Waals surface area (Å²) in [5.74, 6) is 1.17. The van der Waals surface area contributed by atoms with Crippen LogP contribution in [0.4, 0.5) is 0 Å². The van der Waals surface area contributed by atoms with Crippen LogP contribution in [0.3, 0.4) is 0 Å². The van der Waals surface area contributed by atoms with Crippen LogP contribution in [0.2, 0.25) is 0 Å². The fourth-order valence-corrected chi connectivity index (χ4v) is 0.111. The lowest BCUT2D eigenvalue weighted by Gasteiger charge is -1.69. The highest BCUT2D eigenvalue weighted by molar-refractivity contribution is 5.62. The van der Waals surface area contributed by atoms with E-state index in [-0.39, 0.29) is 0 Å². The molecule has 0 unspecified atom stereocenters. The molecule has 0 spiro atoms. The predicted molar refractivity (Wildman–Crippen MR) is 22.9 cm³/mol. The number of hydrogen-bond donors (Lipinski definition) is 1. The third kappa shape index (κ3) is 1.20. The van der Waals surface area contributed by atoms with Crippen LogP contribution in [-0.4, -0.2) is 16.0 Å². The first-order chi connectivity index (χ1) is 3.72. The van der Waals surface area contributed by atoms with Crippen molar-refractivity contribution in [1.29, 1.82) is 5.26 Å². The van der Waals surface area contributed by atoms with Crippen molar-refractivity contribution in [2.75, 3.05) is 0 Å². The minimum Gasteiger partial charge on any atom is -0.757 e. The Kier molecular flexibility index (Phi) is 1.98. The van der Waals surface area contributed by atoms with Crippen molar-refractivity contribution < 1.29 is 10.1 Å². The van der Waals surface area contributed by atoms with Crippen LogP contribution in [0.5, 0.6) is 0 Å². The molecule has 0 saturated carbocycles. The van der Waals surface area contributed by atoms with Gasteiger partial charge in [0, 0.05) is 0 Å². The topological polar surface area (TPSA) is 86.4 Å². The number of hydrogen-bond acceptors (Lipinski definition) is 2. The predicted octanol–water partition coefficient (Wildman–Crippen LogP) is -0.199. The van der Waals surface area contributed by atoms with E-state index in [2.05, 4.69) is 0 Å². The lowest BCUT2D eigenvalue weighted by molar-refractivity contribution is -0.749. The van der Waals surface area contributed by atoms with E-state index in [0.29, 0.717) is 0 Å². The molecular weight excluding hydrogens is 110 g/mol. The molecule has 0 heterocycles. The van der Waals surface area contributed by atoms with Gasteiger partial charge in [-0.2, -0.15) is 11.1 Å². The van der Waals surface area contributed by atoms with Gasteiger partial charge in [-0.3, -0.25) is 0 Å². The largest absolute Gasteiger partial charge is 0.757 e. The molecule has 40 valence electrons. The highest BCUT2D eigenvalue weighted by Crippen LogP contribution is 1.80. The summed E-state index contributed by atoms with van der Waals surface area (Å²) in [7, 11) is 0. The van der Waals surface area contributed by atoms with E-state index in [1.807, 2.05) is 0 Å². The minimum absolute atomic E-state index is 0.778. The molecule has 0 amide bonds. The number of nitrogens with zero attached hydrogens (tertiary/aromatic N) is 3. The summed E-state index contributed by atoms with van der Waals surface area (Å²) in [6.45, 7) is 0. The van der Waals surface area contributed by atoms with E-state index in [4.69, 9.17) is 15.9 Å². The lowest BCUT2D eigenvalue weighted by atomic mass is 10.6. The molecule has 0 aromatic carbocycles. The van der Waals surface area contributed by atoms with Gasteiger partial charge in [-0.15, -0.1) is 0 Å². The Hall–Kier alpha value is -1.66. The molecule has 8 heavy (non-hydrogen) atoms. The maximum absolute atomic E-state index is 9.60. The molecule has 5 nitrogen and oxygen atoms in total. The zero-order chi connectivity index (χ0) is 6.57. The average molecular weight is 111 g/mol. The molecule has 0 bridgehead atoms. The molecule has 1 N–H and O–H groups in total. The Bertz CT molecular complexity index is 195. The van der Waals surface area contributed by atoms with Gasteiger partial charge >= 0.3 is 5.70 Å². The van der Waals surface area contributed by atoms with Gasteiger partial charge in [0.1, 0.15) is 0 Å². The lowest BCUT2D eigenvalue weighted by Crippen LogP contribution is -1.98.